The van der Waals surface area contributed by atoms with Crippen LogP contribution in [0.15, 0.2) is 60.7 Å². The van der Waals surface area contributed by atoms with E-state index >= 15 is 0 Å². The van der Waals surface area contributed by atoms with Crippen molar-refractivity contribution in [1.82, 2.24) is 0 Å². The molecule has 1 aliphatic rings. The number of benzene rings is 2. The molecule has 0 amide bonds. The summed E-state index contributed by atoms with van der Waals surface area (Å²) in [6.07, 6.45) is 4.34. The number of hydrogen-bond donors (Lipinski definition) is 0. The summed E-state index contributed by atoms with van der Waals surface area (Å²) in [7, 11) is 0. The molecule has 4 rings (SSSR count). The zero-order valence-electron chi connectivity index (χ0n) is 17.9. The smallest absolute Gasteiger partial charge is 0.124 e. The van der Waals surface area contributed by atoms with Crippen molar-refractivity contribution in [3.8, 4) is 11.5 Å². The summed E-state index contributed by atoms with van der Waals surface area (Å²) in [6.45, 7) is 3.74. The highest BCUT2D eigenvalue weighted by molar-refractivity contribution is 7.11. The quantitative estimate of drug-likeness (QED) is 0.401. The molecule has 0 spiro atoms. The molecular formula is C26H30O4S. The summed E-state index contributed by atoms with van der Waals surface area (Å²) in [4.78, 5) is 2.40. The second-order valence-electron chi connectivity index (χ2n) is 7.68. The van der Waals surface area contributed by atoms with Crippen molar-refractivity contribution >= 4 is 11.3 Å². The second kappa shape index (κ2) is 11.9. The van der Waals surface area contributed by atoms with E-state index in [-0.39, 0.29) is 0 Å². The van der Waals surface area contributed by atoms with E-state index in [2.05, 4.69) is 24.3 Å². The summed E-state index contributed by atoms with van der Waals surface area (Å²) >= 11 is 1.74. The first kappa shape index (κ1) is 21.9. The first-order chi connectivity index (χ1) is 15.4. The Labute approximate surface area is 188 Å². The van der Waals surface area contributed by atoms with Crippen LogP contribution in [0.5, 0.6) is 11.5 Å². The van der Waals surface area contributed by atoms with Gasteiger partial charge in [-0.25, -0.2) is 0 Å². The molecule has 5 heteroatoms. The van der Waals surface area contributed by atoms with Gasteiger partial charge in [-0.15, -0.1) is 11.3 Å². The van der Waals surface area contributed by atoms with Gasteiger partial charge in [0.05, 0.1) is 39.6 Å². The van der Waals surface area contributed by atoms with Crippen molar-refractivity contribution in [2.75, 3.05) is 13.2 Å². The van der Waals surface area contributed by atoms with Crippen LogP contribution in [-0.2, 0) is 35.9 Å². The fraction of sp³-hybridized carbons (Fsp3) is 0.385. The molecule has 1 aliphatic heterocycles. The normalized spacial score (nSPS) is 16.6. The Bertz CT molecular complexity index is 862. The van der Waals surface area contributed by atoms with E-state index in [4.69, 9.17) is 18.9 Å². The lowest BCUT2D eigenvalue weighted by Gasteiger charge is -2.12. The van der Waals surface area contributed by atoms with Crippen LogP contribution in [0, 0.1) is 0 Å². The van der Waals surface area contributed by atoms with Gasteiger partial charge < -0.3 is 18.9 Å². The molecule has 0 N–H and O–H groups in total. The fourth-order valence-electron chi connectivity index (χ4n) is 3.55. The highest BCUT2D eigenvalue weighted by atomic mass is 32.1. The topological polar surface area (TPSA) is 36.9 Å². The Kier molecular flexibility index (Phi) is 8.39. The van der Waals surface area contributed by atoms with Gasteiger partial charge in [-0.05, 0) is 49.9 Å². The number of ether oxygens (including phenoxy) is 4. The lowest BCUT2D eigenvalue weighted by Crippen LogP contribution is -2.03. The van der Waals surface area contributed by atoms with Gasteiger partial charge in [0.1, 0.15) is 11.5 Å². The van der Waals surface area contributed by atoms with Gasteiger partial charge in [-0.2, -0.15) is 0 Å². The number of rotatable bonds is 0. The summed E-state index contributed by atoms with van der Waals surface area (Å²) in [5, 5.41) is 0. The van der Waals surface area contributed by atoms with Crippen LogP contribution in [0.4, 0.5) is 0 Å². The number of para-hydroxylation sites is 2. The molecule has 4 nitrogen and oxygen atoms in total. The number of thiophene rings is 1. The van der Waals surface area contributed by atoms with E-state index in [9.17, 15) is 0 Å². The van der Waals surface area contributed by atoms with Crippen LogP contribution >= 0.6 is 11.3 Å². The van der Waals surface area contributed by atoms with Gasteiger partial charge in [0, 0.05) is 20.9 Å². The van der Waals surface area contributed by atoms with Gasteiger partial charge in [-0.3, -0.25) is 0 Å². The summed E-state index contributed by atoms with van der Waals surface area (Å²) in [5.74, 6) is 1.85. The van der Waals surface area contributed by atoms with Crippen molar-refractivity contribution in [3.05, 3.63) is 81.5 Å². The predicted molar refractivity (Wildman–Crippen MR) is 124 cm³/mol. The van der Waals surface area contributed by atoms with Gasteiger partial charge in [0.25, 0.3) is 0 Å². The summed E-state index contributed by atoms with van der Waals surface area (Å²) in [5.41, 5.74) is 2.19. The molecule has 0 atom stereocenters. The largest absolute Gasteiger partial charge is 0.493 e. The molecular weight excluding hydrogens is 408 g/mol. The van der Waals surface area contributed by atoms with Gasteiger partial charge in [0.2, 0.25) is 0 Å². The van der Waals surface area contributed by atoms with Gasteiger partial charge >= 0.3 is 0 Å². The highest BCUT2D eigenvalue weighted by Crippen LogP contribution is 2.24. The SMILES string of the molecule is c1ccc2c(c1)COCc1ccc(s1)COCc1ccccc1OCCCCCCO2. The molecule has 2 heterocycles. The Morgan fingerprint density at radius 1 is 0.516 bits per heavy atom. The van der Waals surface area contributed by atoms with E-state index in [1.165, 1.54) is 9.75 Å². The van der Waals surface area contributed by atoms with E-state index in [1.807, 2.05) is 36.4 Å². The minimum absolute atomic E-state index is 0.550. The molecule has 0 saturated heterocycles. The number of hydrogen-bond acceptors (Lipinski definition) is 5. The van der Waals surface area contributed by atoms with E-state index < -0.39 is 0 Å². The predicted octanol–water partition coefficient (Wildman–Crippen LogP) is 6.51. The maximum atomic E-state index is 6.04. The van der Waals surface area contributed by atoms with Crippen molar-refractivity contribution in [3.63, 3.8) is 0 Å². The van der Waals surface area contributed by atoms with Crippen molar-refractivity contribution < 1.29 is 18.9 Å². The minimum atomic E-state index is 0.550. The van der Waals surface area contributed by atoms with Crippen LogP contribution in [0.2, 0.25) is 0 Å². The summed E-state index contributed by atoms with van der Waals surface area (Å²) < 4.78 is 24.0. The van der Waals surface area contributed by atoms with Gasteiger partial charge in [0.15, 0.2) is 0 Å². The van der Waals surface area contributed by atoms with Crippen LogP contribution in [0.3, 0.4) is 0 Å². The molecule has 0 radical (unpaired) electrons. The average Bonchev–Trinajstić information content (AvgIpc) is 3.24. The minimum Gasteiger partial charge on any atom is -0.493 e. The molecule has 0 unspecified atom stereocenters. The zero-order valence-corrected chi connectivity index (χ0v) is 18.7. The fourth-order valence-corrected chi connectivity index (χ4v) is 4.44. The average molecular weight is 439 g/mol. The Morgan fingerprint density at radius 3 is 1.52 bits per heavy atom. The molecule has 2 bridgehead atoms. The second-order valence-corrected chi connectivity index (χ2v) is 8.93. The Hall–Kier alpha value is -2.34. The molecule has 0 saturated carbocycles. The van der Waals surface area contributed by atoms with E-state index in [1.54, 1.807) is 11.3 Å². The van der Waals surface area contributed by atoms with Crippen LogP contribution in [0.1, 0.15) is 46.6 Å². The Balaban J connectivity index is 1.40. The summed E-state index contributed by atoms with van der Waals surface area (Å²) in [6, 6.07) is 20.5. The first-order valence-corrected chi connectivity index (χ1v) is 11.8. The maximum Gasteiger partial charge on any atom is 0.124 e. The molecule has 1 aromatic heterocycles. The van der Waals surface area contributed by atoms with Crippen LogP contribution < -0.4 is 9.47 Å². The molecule has 164 valence electrons. The van der Waals surface area contributed by atoms with Crippen molar-refractivity contribution in [2.24, 2.45) is 0 Å². The molecule has 0 aliphatic carbocycles. The lowest BCUT2D eigenvalue weighted by molar-refractivity contribution is 0.106. The van der Waals surface area contributed by atoms with Gasteiger partial charge in [-0.1, -0.05) is 36.4 Å². The molecule has 3 aromatic rings. The highest BCUT2D eigenvalue weighted by Gasteiger charge is 2.07. The zero-order chi connectivity index (χ0) is 21.1. The van der Waals surface area contributed by atoms with Crippen molar-refractivity contribution in [1.29, 1.82) is 0 Å². The van der Waals surface area contributed by atoms with E-state index in [0.29, 0.717) is 26.4 Å². The van der Waals surface area contributed by atoms with Crippen LogP contribution in [0.25, 0.3) is 0 Å². The Morgan fingerprint density at radius 2 is 1.00 bits per heavy atom. The standard InChI is InChI=1S/C26H30O4S/c1-2-8-16-30-26-12-6-4-10-22(26)18-28-20-24-14-13-23(31-24)19-27-17-21-9-3-5-11-25(21)29-15-7-1/h3-6,9-14H,1-2,7-8,15-20H2. The lowest BCUT2D eigenvalue weighted by atomic mass is 10.2. The third-order valence-electron chi connectivity index (χ3n) is 5.22. The van der Waals surface area contributed by atoms with Crippen LogP contribution in [-0.4, -0.2) is 13.2 Å². The molecule has 2 aromatic carbocycles. The van der Waals surface area contributed by atoms with E-state index in [0.717, 1.165) is 61.5 Å². The molecule has 0 fully saturated rings. The number of fused-ring (bicyclic) bond motifs is 4. The monoisotopic (exact) mass is 438 g/mol. The molecule has 31 heavy (non-hydrogen) atoms. The maximum absolute atomic E-state index is 6.04. The van der Waals surface area contributed by atoms with Crippen molar-refractivity contribution in [2.45, 2.75) is 52.1 Å². The third kappa shape index (κ3) is 6.82. The first-order valence-electron chi connectivity index (χ1n) is 11.0. The third-order valence-corrected chi connectivity index (χ3v) is 6.25.